The second-order valence-corrected chi connectivity index (χ2v) is 16.2. The summed E-state index contributed by atoms with van der Waals surface area (Å²) in [6, 6.07) is 17.6. The number of hydrogen-bond donors (Lipinski definition) is 1. The van der Waals surface area contributed by atoms with Crippen LogP contribution in [-0.4, -0.2) is 56.7 Å². The molecule has 0 bridgehead atoms. The van der Waals surface area contributed by atoms with Gasteiger partial charge < -0.3 is 15.0 Å². The number of anilines is 2. The average Bonchev–Trinajstić information content (AvgIpc) is 3.81. The zero-order valence-corrected chi connectivity index (χ0v) is 31.0. The van der Waals surface area contributed by atoms with Crippen molar-refractivity contribution < 1.29 is 14.3 Å². The molecule has 3 aliphatic heterocycles. The minimum Gasteiger partial charge on any atom is -0.492 e. The third-order valence-electron chi connectivity index (χ3n) is 13.5. The van der Waals surface area contributed by atoms with Gasteiger partial charge in [0, 0.05) is 47.8 Å². The summed E-state index contributed by atoms with van der Waals surface area (Å²) in [5.41, 5.74) is 9.88. The van der Waals surface area contributed by atoms with E-state index in [1.54, 1.807) is 0 Å². The van der Waals surface area contributed by atoms with Crippen molar-refractivity contribution in [1.29, 1.82) is 0 Å². The molecule has 7 heteroatoms. The molecular weight excluding hydrogens is 633 g/mol. The van der Waals surface area contributed by atoms with Gasteiger partial charge >= 0.3 is 0 Å². The molecule has 3 aromatic rings. The molecule has 0 aromatic heterocycles. The highest BCUT2D eigenvalue weighted by atomic mass is 16.5. The Morgan fingerprint density at radius 2 is 1.82 bits per heavy atom. The number of rotatable bonds is 9. The number of ether oxygens (including phenoxy) is 1. The molecule has 8 rings (SSSR count). The molecule has 3 heterocycles. The van der Waals surface area contributed by atoms with Crippen LogP contribution in [0, 0.1) is 12.8 Å². The fourth-order valence-corrected chi connectivity index (χ4v) is 10.5. The summed E-state index contributed by atoms with van der Waals surface area (Å²) in [5.74, 6) is 3.39. The van der Waals surface area contributed by atoms with Crippen LogP contribution >= 0.6 is 0 Å². The molecule has 1 atom stereocenters. The fraction of sp³-hybridized carbons (Fsp3) is 0.523. The first-order valence-electron chi connectivity index (χ1n) is 19.5. The van der Waals surface area contributed by atoms with Crippen LogP contribution in [0.25, 0.3) is 0 Å². The molecule has 1 spiro atoms. The van der Waals surface area contributed by atoms with Gasteiger partial charge in [-0.2, -0.15) is 0 Å². The second-order valence-electron chi connectivity index (χ2n) is 16.2. The Morgan fingerprint density at radius 3 is 2.57 bits per heavy atom. The Morgan fingerprint density at radius 1 is 1.02 bits per heavy atom. The maximum Gasteiger partial charge on any atom is 0.252 e. The molecular formula is C44H54N4O3. The highest BCUT2D eigenvalue weighted by Crippen LogP contribution is 2.55. The number of nitrogens with zero attached hydrogens (tertiary/aromatic N) is 3. The summed E-state index contributed by atoms with van der Waals surface area (Å²) in [4.78, 5) is 34.5. The number of fused-ring (bicyclic) bond motifs is 5. The number of amidine groups is 1. The van der Waals surface area contributed by atoms with Crippen LogP contribution in [0.15, 0.2) is 53.5 Å². The first-order valence-corrected chi connectivity index (χ1v) is 19.5. The first kappa shape index (κ1) is 34.1. The van der Waals surface area contributed by atoms with E-state index >= 15 is 0 Å². The van der Waals surface area contributed by atoms with Crippen LogP contribution in [0.5, 0.6) is 5.75 Å². The van der Waals surface area contributed by atoms with Gasteiger partial charge in [-0.15, -0.1) is 0 Å². The zero-order chi connectivity index (χ0) is 35.3. The first-order chi connectivity index (χ1) is 24.8. The molecule has 1 N–H and O–H groups in total. The summed E-state index contributed by atoms with van der Waals surface area (Å²) in [7, 11) is 4.24. The molecule has 3 aromatic carbocycles. The van der Waals surface area contributed by atoms with Crippen LogP contribution < -0.4 is 15.0 Å². The number of carbonyl (C=O) groups excluding carboxylic acids is 2. The van der Waals surface area contributed by atoms with Crippen molar-refractivity contribution in [2.75, 3.05) is 38.7 Å². The molecule has 2 saturated carbocycles. The molecule has 0 saturated heterocycles. The number of amides is 1. The van der Waals surface area contributed by atoms with E-state index < -0.39 is 0 Å². The van der Waals surface area contributed by atoms with Crippen molar-refractivity contribution in [1.82, 2.24) is 10.2 Å². The second kappa shape index (κ2) is 13.5. The van der Waals surface area contributed by atoms with Gasteiger partial charge in [-0.05, 0) is 119 Å². The Labute approximate surface area is 303 Å². The van der Waals surface area contributed by atoms with Gasteiger partial charge in [-0.25, -0.2) is 0 Å². The number of nitrogens with one attached hydrogen (secondary N) is 1. The van der Waals surface area contributed by atoms with Crippen LogP contribution in [0.3, 0.4) is 0 Å². The van der Waals surface area contributed by atoms with Gasteiger partial charge in [0.1, 0.15) is 11.6 Å². The molecule has 5 aliphatic rings. The molecule has 2 aliphatic carbocycles. The fourth-order valence-electron chi connectivity index (χ4n) is 10.5. The number of aldehydes is 1. The third-order valence-corrected chi connectivity index (χ3v) is 13.5. The van der Waals surface area contributed by atoms with E-state index in [9.17, 15) is 9.59 Å². The monoisotopic (exact) mass is 686 g/mol. The van der Waals surface area contributed by atoms with Crippen LogP contribution in [0.2, 0.25) is 0 Å². The summed E-state index contributed by atoms with van der Waals surface area (Å²) in [6.07, 6.45) is 14.0. The van der Waals surface area contributed by atoms with Crippen molar-refractivity contribution in [2.45, 2.75) is 108 Å². The zero-order valence-electron chi connectivity index (χ0n) is 31.0. The highest BCUT2D eigenvalue weighted by molar-refractivity contribution is 6.17. The number of aliphatic imine (C=N–C) groups is 1. The standard InChI is InChI=1S/C44H54N4O3/c1-5-43(28-51-40-34-25-46-41(50)33(34)17-18-36(40)43)22-23-47(4)26-30-12-14-31(15-13-30)32-16-19-39-37(24-32)44(20-7-6-8-21-44)42(45-3)48(39)38-11-9-10-29(2)35(38)27-49/h9-11,16-19,24,27,30-31H,5-8,12-15,20-23,25-26,28H2,1-4H3,(H,46,50). The van der Waals surface area contributed by atoms with Crippen molar-refractivity contribution in [2.24, 2.45) is 10.9 Å². The average molecular weight is 687 g/mol. The molecule has 1 unspecified atom stereocenters. The van der Waals surface area contributed by atoms with Gasteiger partial charge in [0.05, 0.1) is 23.4 Å². The number of carbonyl (C=O) groups is 2. The maximum absolute atomic E-state index is 12.4. The van der Waals surface area contributed by atoms with E-state index in [1.807, 2.05) is 26.1 Å². The lowest BCUT2D eigenvalue weighted by Crippen LogP contribution is -2.40. The predicted molar refractivity (Wildman–Crippen MR) is 205 cm³/mol. The molecule has 51 heavy (non-hydrogen) atoms. The van der Waals surface area contributed by atoms with E-state index in [1.165, 1.54) is 67.3 Å². The van der Waals surface area contributed by atoms with E-state index in [0.29, 0.717) is 25.0 Å². The molecule has 268 valence electrons. The van der Waals surface area contributed by atoms with Crippen molar-refractivity contribution in [3.8, 4) is 5.75 Å². The van der Waals surface area contributed by atoms with Gasteiger partial charge in [0.2, 0.25) is 0 Å². The predicted octanol–water partition coefficient (Wildman–Crippen LogP) is 8.77. The number of benzene rings is 3. The quantitative estimate of drug-likeness (QED) is 0.228. The van der Waals surface area contributed by atoms with Crippen molar-refractivity contribution in [3.05, 3.63) is 87.5 Å². The summed E-state index contributed by atoms with van der Waals surface area (Å²) in [5, 5.41) is 2.97. The molecule has 0 radical (unpaired) electrons. The van der Waals surface area contributed by atoms with Crippen LogP contribution in [0.4, 0.5) is 11.4 Å². The minimum atomic E-state index is -0.0861. The SMILES string of the molecule is CCC1(CCN(C)CC2CCC(c3ccc4c(c3)C3(CCCCC3)C(=NC)N4c3cccc(C)c3C=O)CC2)COc2c1ccc1c2CNC1=O. The van der Waals surface area contributed by atoms with E-state index in [4.69, 9.17) is 9.73 Å². The highest BCUT2D eigenvalue weighted by Gasteiger charge is 2.50. The lowest BCUT2D eigenvalue weighted by atomic mass is 9.69. The lowest BCUT2D eigenvalue weighted by Gasteiger charge is -2.36. The van der Waals surface area contributed by atoms with Gasteiger partial charge in [0.25, 0.3) is 5.91 Å². The Bertz CT molecular complexity index is 1870. The molecule has 1 amide bonds. The molecule has 7 nitrogen and oxygen atoms in total. The summed E-state index contributed by atoms with van der Waals surface area (Å²) in [6.45, 7) is 7.77. The van der Waals surface area contributed by atoms with Gasteiger partial charge in [-0.1, -0.05) is 56.5 Å². The van der Waals surface area contributed by atoms with Crippen LogP contribution in [-0.2, 0) is 17.4 Å². The topological polar surface area (TPSA) is 74.2 Å². The van der Waals surface area contributed by atoms with Gasteiger partial charge in [-0.3, -0.25) is 19.5 Å². The lowest BCUT2D eigenvalue weighted by molar-refractivity contribution is 0.0965. The summed E-state index contributed by atoms with van der Waals surface area (Å²) < 4.78 is 6.32. The maximum atomic E-state index is 12.4. The van der Waals surface area contributed by atoms with Crippen molar-refractivity contribution in [3.63, 3.8) is 0 Å². The third kappa shape index (κ3) is 5.62. The normalized spacial score (nSPS) is 25.5. The smallest absolute Gasteiger partial charge is 0.252 e. The Kier molecular flexibility index (Phi) is 9.06. The number of hydrogen-bond acceptors (Lipinski definition) is 5. The van der Waals surface area contributed by atoms with Crippen molar-refractivity contribution >= 4 is 29.4 Å². The molecule has 2 fully saturated rings. The minimum absolute atomic E-state index is 0.0112. The van der Waals surface area contributed by atoms with E-state index in [2.05, 4.69) is 65.5 Å². The van der Waals surface area contributed by atoms with Crippen LogP contribution in [0.1, 0.15) is 132 Å². The van der Waals surface area contributed by atoms with E-state index in [0.717, 1.165) is 84.6 Å². The Balaban J connectivity index is 0.951. The number of aryl methyl sites for hydroxylation is 1. The Hall–Kier alpha value is -3.97. The summed E-state index contributed by atoms with van der Waals surface area (Å²) >= 11 is 0. The van der Waals surface area contributed by atoms with E-state index in [-0.39, 0.29) is 16.7 Å². The largest absolute Gasteiger partial charge is 0.492 e. The van der Waals surface area contributed by atoms with Gasteiger partial charge in [0.15, 0.2) is 6.29 Å².